The van der Waals surface area contributed by atoms with Gasteiger partial charge < -0.3 is 14.6 Å². The summed E-state index contributed by atoms with van der Waals surface area (Å²) < 4.78 is 27.2. The minimum atomic E-state index is -0.645. The highest BCUT2D eigenvalue weighted by Gasteiger charge is 2.23. The summed E-state index contributed by atoms with van der Waals surface area (Å²) in [5, 5.41) is 15.5. The Labute approximate surface area is 217 Å². The molecule has 1 heterocycles. The normalized spacial score (nSPS) is 12.1. The lowest BCUT2D eigenvalue weighted by Crippen LogP contribution is -2.35. The van der Waals surface area contributed by atoms with Crippen LogP contribution in [0.2, 0.25) is 0 Å². The van der Waals surface area contributed by atoms with Crippen molar-refractivity contribution >= 4 is 0 Å². The number of hydrogen-bond acceptors (Lipinski definition) is 5. The summed E-state index contributed by atoms with van der Waals surface area (Å²) in [6.07, 6.45) is 0.278. The van der Waals surface area contributed by atoms with Crippen LogP contribution >= 0.6 is 0 Å². The minimum Gasteiger partial charge on any atom is -0.439 e. The smallest absolute Gasteiger partial charge is 0.222 e. The van der Waals surface area contributed by atoms with Gasteiger partial charge in [-0.05, 0) is 42.8 Å². The molecule has 0 aliphatic rings. The second-order valence-corrected chi connectivity index (χ2v) is 9.07. The van der Waals surface area contributed by atoms with Crippen LogP contribution in [-0.2, 0) is 24.9 Å². The quantitative estimate of drug-likeness (QED) is 0.250. The number of aliphatic hydroxyl groups is 1. The van der Waals surface area contributed by atoms with E-state index in [-0.39, 0.29) is 12.4 Å². The highest BCUT2D eigenvalue weighted by atomic mass is 19.1. The van der Waals surface area contributed by atoms with Gasteiger partial charge in [0.05, 0.1) is 24.9 Å². The first-order valence-electron chi connectivity index (χ1n) is 12.6. The molecule has 37 heavy (non-hydrogen) atoms. The molecular formula is C30H34FN3O3. The SMILES string of the molecule is CCCN(Cc1c(-c2ccccc2)nn(C)c1Oc1ccc(F)cc1)C[C@H](O)COCc1ccccc1. The Balaban J connectivity index is 1.53. The number of benzene rings is 3. The molecule has 0 bridgehead atoms. The molecule has 0 aliphatic carbocycles. The van der Waals surface area contributed by atoms with Crippen molar-refractivity contribution in [3.63, 3.8) is 0 Å². The van der Waals surface area contributed by atoms with Gasteiger partial charge in [-0.25, -0.2) is 9.07 Å². The lowest BCUT2D eigenvalue weighted by molar-refractivity contribution is 0.00850. The van der Waals surface area contributed by atoms with Crippen LogP contribution in [0.5, 0.6) is 11.6 Å². The van der Waals surface area contributed by atoms with Crippen molar-refractivity contribution in [3.05, 3.63) is 102 Å². The Hall–Kier alpha value is -3.52. The molecule has 0 saturated heterocycles. The van der Waals surface area contributed by atoms with Gasteiger partial charge in [0.2, 0.25) is 5.88 Å². The van der Waals surface area contributed by atoms with Crippen molar-refractivity contribution in [1.82, 2.24) is 14.7 Å². The van der Waals surface area contributed by atoms with E-state index < -0.39 is 6.10 Å². The van der Waals surface area contributed by atoms with Crippen LogP contribution in [0.3, 0.4) is 0 Å². The molecule has 0 amide bonds. The maximum Gasteiger partial charge on any atom is 0.222 e. The van der Waals surface area contributed by atoms with Gasteiger partial charge in [-0.3, -0.25) is 4.90 Å². The summed E-state index contributed by atoms with van der Waals surface area (Å²) in [6, 6.07) is 25.8. The van der Waals surface area contributed by atoms with Crippen LogP contribution < -0.4 is 4.74 Å². The zero-order valence-electron chi connectivity index (χ0n) is 21.4. The molecule has 1 aromatic heterocycles. The first kappa shape index (κ1) is 26.5. The number of aliphatic hydroxyl groups excluding tert-OH is 1. The third kappa shape index (κ3) is 7.49. The Morgan fingerprint density at radius 2 is 1.65 bits per heavy atom. The lowest BCUT2D eigenvalue weighted by atomic mass is 10.1. The van der Waals surface area contributed by atoms with Gasteiger partial charge in [0, 0.05) is 25.7 Å². The van der Waals surface area contributed by atoms with Crippen molar-refractivity contribution in [3.8, 4) is 22.9 Å². The standard InChI is InChI=1S/C30H34FN3O3/c1-3-18-34(19-26(35)22-36-21-23-10-6-4-7-11-23)20-28-29(24-12-8-5-9-13-24)32-33(2)30(28)37-27-16-14-25(31)15-17-27/h4-17,26,35H,3,18-22H2,1-2H3/t26-/m0/s1. The summed E-state index contributed by atoms with van der Waals surface area (Å²) in [5.41, 5.74) is 3.77. The second-order valence-electron chi connectivity index (χ2n) is 9.07. The van der Waals surface area contributed by atoms with Crippen LogP contribution in [0, 0.1) is 5.82 Å². The fraction of sp³-hybridized carbons (Fsp3) is 0.300. The average Bonchev–Trinajstić information content (AvgIpc) is 3.21. The first-order chi connectivity index (χ1) is 18.0. The summed E-state index contributed by atoms with van der Waals surface area (Å²) in [6.45, 7) is 4.58. The molecule has 0 saturated carbocycles. The molecule has 0 fully saturated rings. The predicted molar refractivity (Wildman–Crippen MR) is 143 cm³/mol. The molecule has 0 spiro atoms. The van der Waals surface area contributed by atoms with Crippen LogP contribution in [0.25, 0.3) is 11.3 Å². The van der Waals surface area contributed by atoms with Gasteiger partial charge >= 0.3 is 0 Å². The van der Waals surface area contributed by atoms with Crippen molar-refractivity contribution in [2.24, 2.45) is 7.05 Å². The molecule has 4 aromatic rings. The number of aromatic nitrogens is 2. The molecule has 194 valence electrons. The summed E-state index contributed by atoms with van der Waals surface area (Å²) in [4.78, 5) is 2.19. The van der Waals surface area contributed by atoms with E-state index in [1.165, 1.54) is 12.1 Å². The van der Waals surface area contributed by atoms with Gasteiger partial charge in [-0.1, -0.05) is 67.6 Å². The van der Waals surface area contributed by atoms with E-state index in [0.717, 1.165) is 35.3 Å². The number of ether oxygens (including phenoxy) is 2. The van der Waals surface area contributed by atoms with E-state index in [2.05, 4.69) is 11.8 Å². The van der Waals surface area contributed by atoms with Gasteiger partial charge in [0.25, 0.3) is 0 Å². The third-order valence-corrected chi connectivity index (χ3v) is 5.98. The molecule has 1 atom stereocenters. The number of aryl methyl sites for hydroxylation is 1. The number of nitrogens with zero attached hydrogens (tertiary/aromatic N) is 3. The highest BCUT2D eigenvalue weighted by Crippen LogP contribution is 2.34. The predicted octanol–water partition coefficient (Wildman–Crippen LogP) is 5.81. The van der Waals surface area contributed by atoms with Crippen LogP contribution in [-0.4, -0.2) is 45.6 Å². The fourth-order valence-electron chi connectivity index (χ4n) is 4.28. The molecule has 0 unspecified atom stereocenters. The Kier molecular flexibility index (Phi) is 9.43. The second kappa shape index (κ2) is 13.1. The van der Waals surface area contributed by atoms with E-state index >= 15 is 0 Å². The van der Waals surface area contributed by atoms with Crippen molar-refractivity contribution < 1.29 is 19.0 Å². The lowest BCUT2D eigenvalue weighted by Gasteiger charge is -2.25. The molecule has 4 rings (SSSR count). The molecule has 6 nitrogen and oxygen atoms in total. The van der Waals surface area contributed by atoms with Gasteiger partial charge in [0.1, 0.15) is 17.3 Å². The minimum absolute atomic E-state index is 0.243. The zero-order valence-corrected chi connectivity index (χ0v) is 21.4. The number of rotatable bonds is 13. The molecule has 0 radical (unpaired) electrons. The van der Waals surface area contributed by atoms with Crippen molar-refractivity contribution in [2.45, 2.75) is 32.6 Å². The van der Waals surface area contributed by atoms with Gasteiger partial charge in [-0.2, -0.15) is 5.10 Å². The maximum absolute atomic E-state index is 13.5. The van der Waals surface area contributed by atoms with Crippen LogP contribution in [0.1, 0.15) is 24.5 Å². The van der Waals surface area contributed by atoms with Crippen molar-refractivity contribution in [1.29, 1.82) is 0 Å². The van der Waals surface area contributed by atoms with Gasteiger partial charge in [0.15, 0.2) is 0 Å². The monoisotopic (exact) mass is 503 g/mol. The molecular weight excluding hydrogens is 469 g/mol. The largest absolute Gasteiger partial charge is 0.439 e. The number of halogens is 1. The van der Waals surface area contributed by atoms with E-state index in [4.69, 9.17) is 14.6 Å². The van der Waals surface area contributed by atoms with Gasteiger partial charge in [-0.15, -0.1) is 0 Å². The van der Waals surface area contributed by atoms with E-state index in [1.54, 1.807) is 16.8 Å². The fourth-order valence-corrected chi connectivity index (χ4v) is 4.28. The van der Waals surface area contributed by atoms with Crippen LogP contribution in [0.15, 0.2) is 84.9 Å². The third-order valence-electron chi connectivity index (χ3n) is 5.98. The van der Waals surface area contributed by atoms with Crippen molar-refractivity contribution in [2.75, 3.05) is 19.7 Å². The zero-order chi connectivity index (χ0) is 26.0. The van der Waals surface area contributed by atoms with E-state index in [9.17, 15) is 9.50 Å². The van der Waals surface area contributed by atoms with E-state index in [0.29, 0.717) is 31.3 Å². The highest BCUT2D eigenvalue weighted by molar-refractivity contribution is 5.65. The summed E-state index contributed by atoms with van der Waals surface area (Å²) in [7, 11) is 1.84. The van der Waals surface area contributed by atoms with Crippen LogP contribution in [0.4, 0.5) is 4.39 Å². The molecule has 3 aromatic carbocycles. The van der Waals surface area contributed by atoms with E-state index in [1.807, 2.05) is 67.7 Å². The topological polar surface area (TPSA) is 59.8 Å². The average molecular weight is 504 g/mol. The Bertz CT molecular complexity index is 1230. The number of hydrogen-bond donors (Lipinski definition) is 1. The summed E-state index contributed by atoms with van der Waals surface area (Å²) in [5.74, 6) is 0.795. The molecule has 7 heteroatoms. The summed E-state index contributed by atoms with van der Waals surface area (Å²) >= 11 is 0. The maximum atomic E-state index is 13.5. The Morgan fingerprint density at radius 1 is 0.973 bits per heavy atom. The molecule has 0 aliphatic heterocycles. The Morgan fingerprint density at radius 3 is 2.32 bits per heavy atom. The first-order valence-corrected chi connectivity index (χ1v) is 12.6. The molecule has 1 N–H and O–H groups in total.